The van der Waals surface area contributed by atoms with Gasteiger partial charge >= 0.3 is 0 Å². The maximum atomic E-state index is 9.39. The van der Waals surface area contributed by atoms with Crippen LogP contribution in [-0.2, 0) is 11.3 Å². The maximum Gasteiger partial charge on any atom is 0.118 e. The van der Waals surface area contributed by atoms with E-state index in [1.54, 1.807) is 7.11 Å². The summed E-state index contributed by atoms with van der Waals surface area (Å²) < 4.78 is 10.8. The first-order valence-electron chi connectivity index (χ1n) is 8.00. The normalized spacial score (nSPS) is 20.8. The van der Waals surface area contributed by atoms with Crippen LogP contribution in [0.5, 0.6) is 5.75 Å². The third-order valence-corrected chi connectivity index (χ3v) is 3.84. The molecule has 1 aromatic rings. The Labute approximate surface area is 133 Å². The minimum absolute atomic E-state index is 0.232. The molecule has 0 radical (unpaired) electrons. The molecule has 0 saturated carbocycles. The molecule has 0 spiro atoms. The standard InChI is InChI=1S/C19H26O3/c1-21-19-11-8-17(9-12-19)15-22-13-5-3-2-4-6-16-7-10-18(20)14-16/h2,4,7-12,16,18,20H,3,5-6,13-15H2,1H3/b4-2-/t16-,18?/m0/s1. The van der Waals surface area contributed by atoms with E-state index in [-0.39, 0.29) is 6.10 Å². The molecule has 0 heterocycles. The predicted molar refractivity (Wildman–Crippen MR) is 88.9 cm³/mol. The Hall–Kier alpha value is -1.58. The molecule has 0 bridgehead atoms. The number of unbranched alkanes of at least 4 members (excludes halogenated alkanes) is 1. The van der Waals surface area contributed by atoms with Crippen LogP contribution in [0.3, 0.4) is 0 Å². The molecule has 3 nitrogen and oxygen atoms in total. The van der Waals surface area contributed by atoms with E-state index in [0.717, 1.165) is 38.0 Å². The topological polar surface area (TPSA) is 38.7 Å². The van der Waals surface area contributed by atoms with Crippen LogP contribution in [0.1, 0.15) is 31.2 Å². The van der Waals surface area contributed by atoms with Crippen LogP contribution in [0.4, 0.5) is 0 Å². The van der Waals surface area contributed by atoms with Gasteiger partial charge in [0.05, 0.1) is 19.8 Å². The van der Waals surface area contributed by atoms with Crippen molar-refractivity contribution >= 4 is 0 Å². The molecule has 1 aliphatic carbocycles. The maximum absolute atomic E-state index is 9.39. The van der Waals surface area contributed by atoms with E-state index in [9.17, 15) is 5.11 Å². The fourth-order valence-corrected chi connectivity index (χ4v) is 2.53. The molecule has 1 unspecified atom stereocenters. The highest BCUT2D eigenvalue weighted by molar-refractivity contribution is 5.26. The van der Waals surface area contributed by atoms with Crippen LogP contribution in [0.15, 0.2) is 48.6 Å². The Balaban J connectivity index is 1.49. The Bertz CT molecular complexity index is 476. The summed E-state index contributed by atoms with van der Waals surface area (Å²) in [4.78, 5) is 0. The summed E-state index contributed by atoms with van der Waals surface area (Å²) in [5.74, 6) is 1.39. The van der Waals surface area contributed by atoms with Gasteiger partial charge in [-0.2, -0.15) is 0 Å². The lowest BCUT2D eigenvalue weighted by Gasteiger charge is -2.05. The number of aliphatic hydroxyl groups excluding tert-OH is 1. The van der Waals surface area contributed by atoms with E-state index in [2.05, 4.69) is 18.2 Å². The van der Waals surface area contributed by atoms with Crippen LogP contribution < -0.4 is 4.74 Å². The largest absolute Gasteiger partial charge is 0.497 e. The average Bonchev–Trinajstić information content (AvgIpc) is 2.96. The van der Waals surface area contributed by atoms with Crippen LogP contribution in [0.25, 0.3) is 0 Å². The van der Waals surface area contributed by atoms with Gasteiger partial charge in [-0.3, -0.25) is 0 Å². The zero-order valence-corrected chi connectivity index (χ0v) is 13.3. The van der Waals surface area contributed by atoms with Crippen LogP contribution >= 0.6 is 0 Å². The monoisotopic (exact) mass is 302 g/mol. The number of hydrogen-bond donors (Lipinski definition) is 1. The van der Waals surface area contributed by atoms with E-state index in [1.807, 2.05) is 30.3 Å². The van der Waals surface area contributed by atoms with Gasteiger partial charge in [-0.25, -0.2) is 0 Å². The van der Waals surface area contributed by atoms with Gasteiger partial charge in [0.25, 0.3) is 0 Å². The summed E-state index contributed by atoms with van der Waals surface area (Å²) in [6, 6.07) is 7.97. The molecule has 0 amide bonds. The molecule has 1 N–H and O–H groups in total. The first-order chi connectivity index (χ1) is 10.8. The molecule has 3 heteroatoms. The number of methoxy groups -OCH3 is 1. The van der Waals surface area contributed by atoms with Crippen LogP contribution in [0.2, 0.25) is 0 Å². The third-order valence-electron chi connectivity index (χ3n) is 3.84. The molecular weight excluding hydrogens is 276 g/mol. The molecule has 0 saturated heterocycles. The van der Waals surface area contributed by atoms with Crippen LogP contribution in [0, 0.1) is 5.92 Å². The summed E-state index contributed by atoms with van der Waals surface area (Å²) in [7, 11) is 1.67. The van der Waals surface area contributed by atoms with Crippen LogP contribution in [-0.4, -0.2) is 24.9 Å². The average molecular weight is 302 g/mol. The van der Waals surface area contributed by atoms with E-state index in [4.69, 9.17) is 9.47 Å². The van der Waals surface area contributed by atoms with Crippen molar-refractivity contribution in [2.45, 2.75) is 38.4 Å². The number of ether oxygens (including phenoxy) is 2. The number of benzene rings is 1. The number of hydrogen-bond acceptors (Lipinski definition) is 3. The summed E-state index contributed by atoms with van der Waals surface area (Å²) >= 11 is 0. The number of rotatable bonds is 9. The van der Waals surface area contributed by atoms with E-state index in [0.29, 0.717) is 12.5 Å². The second-order valence-electron chi connectivity index (χ2n) is 5.70. The highest BCUT2D eigenvalue weighted by Gasteiger charge is 2.14. The van der Waals surface area contributed by atoms with Crippen molar-refractivity contribution in [3.63, 3.8) is 0 Å². The van der Waals surface area contributed by atoms with Gasteiger partial charge in [0.2, 0.25) is 0 Å². The summed E-state index contributed by atoms with van der Waals surface area (Å²) in [6.45, 7) is 1.43. The number of allylic oxidation sites excluding steroid dienone is 3. The molecule has 0 fully saturated rings. The van der Waals surface area contributed by atoms with Crippen molar-refractivity contribution in [1.29, 1.82) is 0 Å². The third kappa shape index (κ3) is 6.04. The van der Waals surface area contributed by atoms with Crippen molar-refractivity contribution in [2.75, 3.05) is 13.7 Å². The van der Waals surface area contributed by atoms with E-state index < -0.39 is 0 Å². The Morgan fingerprint density at radius 2 is 2.00 bits per heavy atom. The Kier molecular flexibility index (Phi) is 7.20. The van der Waals surface area contributed by atoms with E-state index in [1.165, 1.54) is 5.56 Å². The van der Waals surface area contributed by atoms with Crippen molar-refractivity contribution in [2.24, 2.45) is 5.92 Å². The molecule has 0 aliphatic heterocycles. The summed E-state index contributed by atoms with van der Waals surface area (Å²) in [5, 5.41) is 9.39. The Morgan fingerprint density at radius 1 is 1.18 bits per heavy atom. The van der Waals surface area contributed by atoms with E-state index >= 15 is 0 Å². The molecule has 2 atom stereocenters. The first-order valence-corrected chi connectivity index (χ1v) is 8.00. The molecule has 120 valence electrons. The second kappa shape index (κ2) is 9.44. The SMILES string of the molecule is COc1ccc(COCCC/C=C\C[C@H]2C=CC(O)C2)cc1. The summed E-state index contributed by atoms with van der Waals surface area (Å²) in [6.07, 6.45) is 12.2. The number of aliphatic hydroxyl groups is 1. The zero-order valence-electron chi connectivity index (χ0n) is 13.3. The van der Waals surface area contributed by atoms with Gasteiger partial charge in [0.1, 0.15) is 5.75 Å². The van der Waals surface area contributed by atoms with Crippen molar-refractivity contribution in [3.8, 4) is 5.75 Å². The molecule has 2 rings (SSSR count). The van der Waals surface area contributed by atoms with Gasteiger partial charge in [-0.1, -0.05) is 36.4 Å². The molecule has 1 aromatic carbocycles. The van der Waals surface area contributed by atoms with Crippen molar-refractivity contribution < 1.29 is 14.6 Å². The first kappa shape index (κ1) is 16.8. The molecule has 22 heavy (non-hydrogen) atoms. The van der Waals surface area contributed by atoms with Gasteiger partial charge in [-0.05, 0) is 49.3 Å². The molecular formula is C19H26O3. The summed E-state index contributed by atoms with van der Waals surface area (Å²) in [5.41, 5.74) is 1.17. The lowest BCUT2D eigenvalue weighted by atomic mass is 10.0. The molecule has 0 aromatic heterocycles. The highest BCUT2D eigenvalue weighted by atomic mass is 16.5. The smallest absolute Gasteiger partial charge is 0.118 e. The quantitative estimate of drug-likeness (QED) is 0.556. The molecule has 1 aliphatic rings. The fraction of sp³-hybridized carbons (Fsp3) is 0.474. The van der Waals surface area contributed by atoms with Gasteiger partial charge < -0.3 is 14.6 Å². The lowest BCUT2D eigenvalue weighted by molar-refractivity contribution is 0.119. The van der Waals surface area contributed by atoms with Crippen molar-refractivity contribution in [1.82, 2.24) is 0 Å². The lowest BCUT2D eigenvalue weighted by Crippen LogP contribution is -2.00. The minimum Gasteiger partial charge on any atom is -0.497 e. The Morgan fingerprint density at radius 3 is 2.68 bits per heavy atom. The zero-order chi connectivity index (χ0) is 15.6. The predicted octanol–water partition coefficient (Wildman–Crippen LogP) is 3.88. The van der Waals surface area contributed by atoms with Gasteiger partial charge in [0.15, 0.2) is 0 Å². The highest BCUT2D eigenvalue weighted by Crippen LogP contribution is 2.21. The van der Waals surface area contributed by atoms with Gasteiger partial charge in [0, 0.05) is 6.61 Å². The van der Waals surface area contributed by atoms with Gasteiger partial charge in [-0.15, -0.1) is 0 Å². The second-order valence-corrected chi connectivity index (χ2v) is 5.70. The van der Waals surface area contributed by atoms with Crippen molar-refractivity contribution in [3.05, 3.63) is 54.1 Å². The minimum atomic E-state index is -0.232. The fourth-order valence-electron chi connectivity index (χ4n) is 2.53.